The molecule has 1 unspecified atom stereocenters. The molecular formula is C16H23ClFN. The quantitative estimate of drug-likeness (QED) is 0.869. The van der Waals surface area contributed by atoms with Crippen molar-refractivity contribution in [2.75, 3.05) is 7.05 Å². The Labute approximate surface area is 120 Å². The van der Waals surface area contributed by atoms with E-state index in [9.17, 15) is 4.39 Å². The first-order chi connectivity index (χ1) is 8.71. The van der Waals surface area contributed by atoms with Gasteiger partial charge >= 0.3 is 0 Å². The molecule has 2 rings (SSSR count). The highest BCUT2D eigenvalue weighted by molar-refractivity contribution is 6.31. The molecule has 0 aliphatic heterocycles. The van der Waals surface area contributed by atoms with E-state index in [0.29, 0.717) is 27.8 Å². The van der Waals surface area contributed by atoms with Crippen molar-refractivity contribution in [3.63, 3.8) is 0 Å². The Hall–Kier alpha value is -0.600. The lowest BCUT2D eigenvalue weighted by molar-refractivity contribution is 0.421. The number of rotatable bonds is 4. The molecule has 0 heterocycles. The van der Waals surface area contributed by atoms with Gasteiger partial charge in [-0.2, -0.15) is 0 Å². The molecule has 1 aromatic carbocycles. The van der Waals surface area contributed by atoms with Crippen molar-refractivity contribution < 1.29 is 4.39 Å². The lowest BCUT2D eigenvalue weighted by Gasteiger charge is -2.19. The van der Waals surface area contributed by atoms with Crippen molar-refractivity contribution in [3.05, 3.63) is 34.6 Å². The van der Waals surface area contributed by atoms with Crippen LogP contribution >= 0.6 is 11.6 Å². The van der Waals surface area contributed by atoms with Crippen LogP contribution in [0.15, 0.2) is 18.2 Å². The predicted octanol–water partition coefficient (Wildman–Crippen LogP) is 4.29. The highest BCUT2D eigenvalue weighted by Crippen LogP contribution is 2.69. The number of hydrogen-bond donors (Lipinski definition) is 1. The largest absolute Gasteiger partial charge is 0.316 e. The summed E-state index contributed by atoms with van der Waals surface area (Å²) in [6.45, 7) is 9.26. The van der Waals surface area contributed by atoms with Gasteiger partial charge in [0.15, 0.2) is 0 Å². The van der Waals surface area contributed by atoms with Gasteiger partial charge in [0.25, 0.3) is 0 Å². The third-order valence-electron chi connectivity index (χ3n) is 5.36. The minimum atomic E-state index is -0.276. The molecule has 0 saturated heterocycles. The Balaban J connectivity index is 2.17. The van der Waals surface area contributed by atoms with E-state index in [1.165, 1.54) is 12.1 Å². The second-order valence-electron chi connectivity index (χ2n) is 6.76. The normalized spacial score (nSPS) is 22.3. The summed E-state index contributed by atoms with van der Waals surface area (Å²) in [5.41, 5.74) is 1.67. The molecule has 0 aromatic heterocycles. The van der Waals surface area contributed by atoms with Crippen LogP contribution in [0.2, 0.25) is 5.02 Å². The molecule has 0 bridgehead atoms. The average molecular weight is 284 g/mol. The SMILES string of the molecule is CNC(Cc1ccc(F)cc1Cl)C1C(C)(C)C1(C)C. The number of halogens is 2. The van der Waals surface area contributed by atoms with E-state index in [2.05, 4.69) is 33.0 Å². The van der Waals surface area contributed by atoms with E-state index in [4.69, 9.17) is 11.6 Å². The topological polar surface area (TPSA) is 12.0 Å². The first-order valence-electron chi connectivity index (χ1n) is 6.83. The maximum absolute atomic E-state index is 13.1. The van der Waals surface area contributed by atoms with Gasteiger partial charge in [-0.05, 0) is 47.9 Å². The third kappa shape index (κ3) is 2.41. The van der Waals surface area contributed by atoms with Crippen molar-refractivity contribution in [2.45, 2.75) is 40.2 Å². The smallest absolute Gasteiger partial charge is 0.124 e. The summed E-state index contributed by atoms with van der Waals surface area (Å²) in [6, 6.07) is 5.04. The van der Waals surface area contributed by atoms with E-state index in [1.54, 1.807) is 6.07 Å². The van der Waals surface area contributed by atoms with E-state index in [-0.39, 0.29) is 5.82 Å². The highest BCUT2D eigenvalue weighted by atomic mass is 35.5. The van der Waals surface area contributed by atoms with Crippen molar-refractivity contribution in [2.24, 2.45) is 16.7 Å². The van der Waals surface area contributed by atoms with Crippen LogP contribution in [0.3, 0.4) is 0 Å². The monoisotopic (exact) mass is 283 g/mol. The van der Waals surface area contributed by atoms with Crippen LogP contribution in [0.1, 0.15) is 33.3 Å². The van der Waals surface area contributed by atoms with Crippen LogP contribution in [-0.4, -0.2) is 13.1 Å². The average Bonchev–Trinajstić information content (AvgIpc) is 2.70. The third-order valence-corrected chi connectivity index (χ3v) is 5.71. The Kier molecular flexibility index (Phi) is 3.70. The van der Waals surface area contributed by atoms with Gasteiger partial charge in [0, 0.05) is 11.1 Å². The number of likely N-dealkylation sites (N-methyl/N-ethyl adjacent to an activating group) is 1. The van der Waals surface area contributed by atoms with Crippen LogP contribution in [0.25, 0.3) is 0 Å². The molecule has 0 radical (unpaired) electrons. The minimum Gasteiger partial charge on any atom is -0.316 e. The number of nitrogens with one attached hydrogen (secondary N) is 1. The van der Waals surface area contributed by atoms with E-state index in [0.717, 1.165) is 12.0 Å². The van der Waals surface area contributed by atoms with Crippen LogP contribution < -0.4 is 5.32 Å². The van der Waals surface area contributed by atoms with Crippen molar-refractivity contribution in [1.82, 2.24) is 5.32 Å². The Morgan fingerprint density at radius 1 is 1.26 bits per heavy atom. The first kappa shape index (κ1) is 14.8. The summed E-state index contributed by atoms with van der Waals surface area (Å²) in [5, 5.41) is 3.94. The molecule has 1 fully saturated rings. The number of benzene rings is 1. The van der Waals surface area contributed by atoms with Crippen molar-refractivity contribution in [1.29, 1.82) is 0 Å². The summed E-state index contributed by atoms with van der Waals surface area (Å²) in [6.07, 6.45) is 0.840. The van der Waals surface area contributed by atoms with Gasteiger partial charge in [0.05, 0.1) is 0 Å². The molecule has 1 aliphatic rings. The summed E-state index contributed by atoms with van der Waals surface area (Å²) in [7, 11) is 1.99. The number of hydrogen-bond acceptors (Lipinski definition) is 1. The van der Waals surface area contributed by atoms with Gasteiger partial charge in [-0.15, -0.1) is 0 Å². The molecule has 0 amide bonds. The van der Waals surface area contributed by atoms with Gasteiger partial charge in [0.2, 0.25) is 0 Å². The maximum atomic E-state index is 13.1. The molecule has 1 nitrogen and oxygen atoms in total. The Morgan fingerprint density at radius 2 is 1.84 bits per heavy atom. The van der Waals surface area contributed by atoms with E-state index < -0.39 is 0 Å². The zero-order valence-electron chi connectivity index (χ0n) is 12.3. The van der Waals surface area contributed by atoms with Crippen LogP contribution in [-0.2, 0) is 6.42 Å². The fraction of sp³-hybridized carbons (Fsp3) is 0.625. The fourth-order valence-corrected chi connectivity index (χ4v) is 3.81. The van der Waals surface area contributed by atoms with E-state index in [1.807, 2.05) is 7.05 Å². The second-order valence-corrected chi connectivity index (χ2v) is 7.16. The molecule has 3 heteroatoms. The van der Waals surface area contributed by atoms with Gasteiger partial charge in [0.1, 0.15) is 5.82 Å². The highest BCUT2D eigenvalue weighted by Gasteiger charge is 2.66. The van der Waals surface area contributed by atoms with Crippen LogP contribution in [0.4, 0.5) is 4.39 Å². The molecule has 1 atom stereocenters. The van der Waals surface area contributed by atoms with Gasteiger partial charge in [-0.1, -0.05) is 45.4 Å². The minimum absolute atomic E-state index is 0.276. The standard InChI is InChI=1S/C16H23ClFN/c1-15(2)14(16(15,3)4)13(19-5)8-10-6-7-11(18)9-12(10)17/h6-7,9,13-14,19H,8H2,1-5H3. The zero-order chi connectivity index (χ0) is 14.4. The summed E-state index contributed by atoms with van der Waals surface area (Å²) < 4.78 is 13.1. The predicted molar refractivity (Wildman–Crippen MR) is 79.0 cm³/mol. The van der Waals surface area contributed by atoms with Crippen LogP contribution in [0.5, 0.6) is 0 Å². The molecule has 1 aliphatic carbocycles. The maximum Gasteiger partial charge on any atom is 0.124 e. The van der Waals surface area contributed by atoms with Crippen molar-refractivity contribution in [3.8, 4) is 0 Å². The molecule has 1 aromatic rings. The van der Waals surface area contributed by atoms with Gasteiger partial charge in [-0.3, -0.25) is 0 Å². The van der Waals surface area contributed by atoms with Crippen molar-refractivity contribution >= 4 is 11.6 Å². The summed E-state index contributed by atoms with van der Waals surface area (Å²) in [5.74, 6) is 0.327. The Bertz CT molecular complexity index is 468. The lowest BCUT2D eigenvalue weighted by Crippen LogP contribution is -2.32. The van der Waals surface area contributed by atoms with Gasteiger partial charge in [-0.25, -0.2) is 4.39 Å². The lowest BCUT2D eigenvalue weighted by atomic mass is 9.97. The molecule has 19 heavy (non-hydrogen) atoms. The Morgan fingerprint density at radius 3 is 2.26 bits per heavy atom. The van der Waals surface area contributed by atoms with E-state index >= 15 is 0 Å². The molecule has 1 N–H and O–H groups in total. The van der Waals surface area contributed by atoms with Crippen LogP contribution in [0, 0.1) is 22.6 Å². The summed E-state index contributed by atoms with van der Waals surface area (Å²) >= 11 is 6.13. The summed E-state index contributed by atoms with van der Waals surface area (Å²) in [4.78, 5) is 0. The molecule has 106 valence electrons. The molecule has 0 spiro atoms. The second kappa shape index (κ2) is 4.75. The van der Waals surface area contributed by atoms with Gasteiger partial charge < -0.3 is 5.32 Å². The molecule has 1 saturated carbocycles. The molecular weight excluding hydrogens is 261 g/mol. The fourth-order valence-electron chi connectivity index (χ4n) is 3.56. The zero-order valence-corrected chi connectivity index (χ0v) is 13.1. The first-order valence-corrected chi connectivity index (χ1v) is 7.21.